The Labute approximate surface area is 205 Å². The quantitative estimate of drug-likeness (QED) is 0.253. The molecule has 1 N–H and O–H groups in total. The van der Waals surface area contributed by atoms with Crippen LogP contribution in [0.5, 0.6) is 0 Å². The molecule has 0 aliphatic heterocycles. The first-order chi connectivity index (χ1) is 16.5. The van der Waals surface area contributed by atoms with Gasteiger partial charge in [-0.1, -0.05) is 47.5 Å². The summed E-state index contributed by atoms with van der Waals surface area (Å²) in [6.45, 7) is 0.390. The van der Waals surface area contributed by atoms with Crippen LogP contribution in [0.15, 0.2) is 93.8 Å². The fourth-order valence-corrected chi connectivity index (χ4v) is 3.94. The van der Waals surface area contributed by atoms with Crippen molar-refractivity contribution in [3.63, 3.8) is 0 Å². The lowest BCUT2D eigenvalue weighted by molar-refractivity contribution is -0.116. The number of rotatable bonds is 6. The van der Waals surface area contributed by atoms with E-state index in [-0.39, 0.29) is 5.91 Å². The van der Waals surface area contributed by atoms with Crippen molar-refractivity contribution in [1.29, 1.82) is 0 Å². The third kappa shape index (κ3) is 4.91. The first-order valence-electron chi connectivity index (χ1n) is 10.5. The standard InChI is InChI=1S/C27H18Cl2N2O3/c28-19-9-12-21(22(29)15-19)24-13-10-20(33-24)11-14-26(32)30-16-17-5-7-18(8-6-17)27-31-23-3-1-2-4-25(23)34-27/h1-15H,16H2,(H,30,32)/b14-11+. The fraction of sp³-hybridized carbons (Fsp3) is 0.0370. The average molecular weight is 489 g/mol. The normalized spacial score (nSPS) is 11.4. The van der Waals surface area contributed by atoms with Gasteiger partial charge >= 0.3 is 0 Å². The highest BCUT2D eigenvalue weighted by Gasteiger charge is 2.09. The maximum atomic E-state index is 12.2. The van der Waals surface area contributed by atoms with Crippen LogP contribution >= 0.6 is 23.2 Å². The summed E-state index contributed by atoms with van der Waals surface area (Å²) in [5.41, 5.74) is 4.14. The molecule has 0 aliphatic carbocycles. The molecule has 7 heteroatoms. The number of amides is 1. The molecule has 168 valence electrons. The minimum atomic E-state index is -0.231. The van der Waals surface area contributed by atoms with Crippen molar-refractivity contribution >= 4 is 46.3 Å². The molecule has 0 fully saturated rings. The van der Waals surface area contributed by atoms with E-state index in [1.54, 1.807) is 36.4 Å². The number of oxazole rings is 1. The van der Waals surface area contributed by atoms with Crippen LogP contribution in [0.1, 0.15) is 11.3 Å². The summed E-state index contributed by atoms with van der Waals surface area (Å²) in [4.78, 5) is 16.7. The van der Waals surface area contributed by atoms with Gasteiger partial charge in [0.15, 0.2) is 5.58 Å². The van der Waals surface area contributed by atoms with Crippen LogP contribution in [0.3, 0.4) is 0 Å². The van der Waals surface area contributed by atoms with Gasteiger partial charge in [0, 0.05) is 28.8 Å². The highest BCUT2D eigenvalue weighted by molar-refractivity contribution is 6.36. The van der Waals surface area contributed by atoms with Gasteiger partial charge in [0.2, 0.25) is 11.8 Å². The Morgan fingerprint density at radius 1 is 0.941 bits per heavy atom. The number of carbonyl (C=O) groups excluding carboxylic acids is 1. The van der Waals surface area contributed by atoms with Gasteiger partial charge in [-0.3, -0.25) is 4.79 Å². The minimum absolute atomic E-state index is 0.231. The molecular formula is C27H18Cl2N2O3. The number of fused-ring (bicyclic) bond motifs is 1. The smallest absolute Gasteiger partial charge is 0.244 e. The van der Waals surface area contributed by atoms with Crippen molar-refractivity contribution in [3.05, 3.63) is 106 Å². The monoisotopic (exact) mass is 488 g/mol. The highest BCUT2D eigenvalue weighted by atomic mass is 35.5. The topological polar surface area (TPSA) is 68.3 Å². The molecule has 0 bridgehead atoms. The number of para-hydroxylation sites is 2. The largest absolute Gasteiger partial charge is 0.457 e. The van der Waals surface area contributed by atoms with Crippen molar-refractivity contribution < 1.29 is 13.6 Å². The molecule has 1 amide bonds. The van der Waals surface area contributed by atoms with E-state index in [0.717, 1.165) is 27.8 Å². The number of aromatic nitrogens is 1. The first kappa shape index (κ1) is 22.0. The molecule has 0 saturated heterocycles. The summed E-state index contributed by atoms with van der Waals surface area (Å²) in [6.07, 6.45) is 3.04. The summed E-state index contributed by atoms with van der Waals surface area (Å²) in [6, 6.07) is 24.1. The van der Waals surface area contributed by atoms with E-state index in [1.165, 1.54) is 6.08 Å². The number of hydrogen-bond donors (Lipinski definition) is 1. The molecule has 0 spiro atoms. The van der Waals surface area contributed by atoms with Crippen molar-refractivity contribution in [2.45, 2.75) is 6.54 Å². The molecule has 0 unspecified atom stereocenters. The maximum Gasteiger partial charge on any atom is 0.244 e. The van der Waals surface area contributed by atoms with E-state index >= 15 is 0 Å². The maximum absolute atomic E-state index is 12.2. The van der Waals surface area contributed by atoms with Crippen LogP contribution < -0.4 is 5.32 Å². The van der Waals surface area contributed by atoms with Crippen LogP contribution in [0.25, 0.3) is 40.0 Å². The van der Waals surface area contributed by atoms with E-state index in [2.05, 4.69) is 10.3 Å². The number of nitrogens with zero attached hydrogens (tertiary/aromatic N) is 1. The van der Waals surface area contributed by atoms with Gasteiger partial charge in [0.25, 0.3) is 0 Å². The van der Waals surface area contributed by atoms with Gasteiger partial charge < -0.3 is 14.2 Å². The van der Waals surface area contributed by atoms with Crippen molar-refractivity contribution in [1.82, 2.24) is 10.3 Å². The lowest BCUT2D eigenvalue weighted by Gasteiger charge is -2.03. The summed E-state index contributed by atoms with van der Waals surface area (Å²) in [7, 11) is 0. The first-order valence-corrected chi connectivity index (χ1v) is 11.3. The van der Waals surface area contributed by atoms with E-state index in [4.69, 9.17) is 32.0 Å². The molecule has 5 nitrogen and oxygen atoms in total. The fourth-order valence-electron chi connectivity index (χ4n) is 3.44. The Balaban J connectivity index is 1.18. The van der Waals surface area contributed by atoms with Gasteiger partial charge in [-0.05, 0) is 66.2 Å². The number of carbonyl (C=O) groups is 1. The Morgan fingerprint density at radius 2 is 1.76 bits per heavy atom. The van der Waals surface area contributed by atoms with Gasteiger partial charge in [-0.15, -0.1) is 0 Å². The molecule has 0 radical (unpaired) electrons. The molecule has 2 aromatic heterocycles. The van der Waals surface area contributed by atoms with Crippen molar-refractivity contribution in [2.75, 3.05) is 0 Å². The van der Waals surface area contributed by atoms with Crippen LogP contribution in [-0.4, -0.2) is 10.9 Å². The molecule has 0 saturated carbocycles. The zero-order valence-electron chi connectivity index (χ0n) is 17.8. The predicted molar refractivity (Wildman–Crippen MR) is 134 cm³/mol. The lowest BCUT2D eigenvalue weighted by atomic mass is 10.1. The molecule has 5 rings (SSSR count). The van der Waals surface area contributed by atoms with Gasteiger partial charge in [0.1, 0.15) is 17.0 Å². The van der Waals surface area contributed by atoms with Crippen LogP contribution in [0, 0.1) is 0 Å². The van der Waals surface area contributed by atoms with Gasteiger partial charge in [0.05, 0.1) is 5.02 Å². The average Bonchev–Trinajstić information content (AvgIpc) is 3.49. The lowest BCUT2D eigenvalue weighted by Crippen LogP contribution is -2.20. The number of benzene rings is 3. The van der Waals surface area contributed by atoms with Gasteiger partial charge in [-0.25, -0.2) is 4.98 Å². The van der Waals surface area contributed by atoms with Crippen molar-refractivity contribution in [3.8, 4) is 22.8 Å². The van der Waals surface area contributed by atoms with E-state index in [1.807, 2.05) is 48.5 Å². The second-order valence-corrected chi connectivity index (χ2v) is 8.40. The number of furan rings is 1. The minimum Gasteiger partial charge on any atom is -0.457 e. The summed E-state index contributed by atoms with van der Waals surface area (Å²) in [5, 5.41) is 3.91. The highest BCUT2D eigenvalue weighted by Crippen LogP contribution is 2.31. The number of halogens is 2. The van der Waals surface area contributed by atoms with Crippen LogP contribution in [-0.2, 0) is 11.3 Å². The van der Waals surface area contributed by atoms with Crippen LogP contribution in [0.4, 0.5) is 0 Å². The van der Waals surface area contributed by atoms with Crippen molar-refractivity contribution in [2.24, 2.45) is 0 Å². The zero-order valence-corrected chi connectivity index (χ0v) is 19.3. The Bertz CT molecular complexity index is 1470. The molecule has 3 aromatic carbocycles. The zero-order chi connectivity index (χ0) is 23.5. The van der Waals surface area contributed by atoms with Gasteiger partial charge in [-0.2, -0.15) is 0 Å². The molecule has 34 heavy (non-hydrogen) atoms. The Morgan fingerprint density at radius 3 is 2.56 bits per heavy atom. The summed E-state index contributed by atoms with van der Waals surface area (Å²) >= 11 is 12.2. The third-order valence-corrected chi connectivity index (χ3v) is 5.73. The molecule has 0 aliphatic rings. The summed E-state index contributed by atoms with van der Waals surface area (Å²) < 4.78 is 11.6. The molecule has 2 heterocycles. The Kier molecular flexibility index (Phi) is 6.21. The van der Waals surface area contributed by atoms with E-state index in [9.17, 15) is 4.79 Å². The van der Waals surface area contributed by atoms with Crippen LogP contribution in [0.2, 0.25) is 10.0 Å². The number of nitrogens with one attached hydrogen (secondary N) is 1. The predicted octanol–water partition coefficient (Wildman–Crippen LogP) is 7.39. The number of hydrogen-bond acceptors (Lipinski definition) is 4. The Hall–Kier alpha value is -3.80. The third-order valence-electron chi connectivity index (χ3n) is 5.18. The van der Waals surface area contributed by atoms with E-state index in [0.29, 0.717) is 34.0 Å². The summed E-state index contributed by atoms with van der Waals surface area (Å²) in [5.74, 6) is 1.47. The second kappa shape index (κ2) is 9.59. The SMILES string of the molecule is O=C(/C=C/c1ccc(-c2ccc(Cl)cc2Cl)o1)NCc1ccc(-c2nc3ccccc3o2)cc1. The molecule has 5 aromatic rings. The second-order valence-electron chi connectivity index (χ2n) is 7.56. The molecular weight excluding hydrogens is 471 g/mol. The van der Waals surface area contributed by atoms with E-state index < -0.39 is 0 Å². The molecule has 0 atom stereocenters.